The number of aromatic hydroxyl groups is 1. The van der Waals surface area contributed by atoms with Crippen molar-refractivity contribution in [2.75, 3.05) is 5.73 Å². The van der Waals surface area contributed by atoms with Crippen molar-refractivity contribution in [2.45, 2.75) is 13.5 Å². The van der Waals surface area contributed by atoms with Crippen LogP contribution in [0.25, 0.3) is 22.4 Å². The van der Waals surface area contributed by atoms with Crippen LogP contribution in [0.1, 0.15) is 6.92 Å². The number of phenols is 1. The molecule has 4 nitrogen and oxygen atoms in total. The van der Waals surface area contributed by atoms with E-state index in [4.69, 9.17) is 5.73 Å². The summed E-state index contributed by atoms with van der Waals surface area (Å²) in [6.45, 7) is 2.83. The minimum absolute atomic E-state index is 0.147. The zero-order valence-electron chi connectivity index (χ0n) is 11.0. The van der Waals surface area contributed by atoms with Gasteiger partial charge in [-0.2, -0.15) is 0 Å². The topological polar surface area (TPSA) is 64.1 Å². The van der Waals surface area contributed by atoms with E-state index in [9.17, 15) is 5.11 Å². The summed E-state index contributed by atoms with van der Waals surface area (Å²) in [4.78, 5) is 4.64. The summed E-state index contributed by atoms with van der Waals surface area (Å²) >= 11 is 3.45. The minimum Gasteiger partial charge on any atom is -0.507 e. The first-order chi connectivity index (χ1) is 9.60. The first kappa shape index (κ1) is 13.0. The Kier molecular flexibility index (Phi) is 3.14. The fraction of sp³-hybridized carbons (Fsp3) is 0.133. The molecule has 0 spiro atoms. The molecule has 0 aliphatic carbocycles. The van der Waals surface area contributed by atoms with Crippen LogP contribution >= 0.6 is 15.9 Å². The number of fused-ring (bicyclic) bond motifs is 1. The molecule has 0 atom stereocenters. The number of benzene rings is 2. The molecule has 0 radical (unpaired) electrons. The van der Waals surface area contributed by atoms with E-state index in [1.807, 2.05) is 18.2 Å². The Morgan fingerprint density at radius 1 is 1.25 bits per heavy atom. The van der Waals surface area contributed by atoms with Crippen molar-refractivity contribution < 1.29 is 5.11 Å². The monoisotopic (exact) mass is 331 g/mol. The molecule has 0 saturated heterocycles. The molecule has 0 aliphatic rings. The fourth-order valence-corrected chi connectivity index (χ4v) is 2.72. The van der Waals surface area contributed by atoms with Crippen LogP contribution in [-0.2, 0) is 6.54 Å². The third-order valence-electron chi connectivity index (χ3n) is 3.29. The molecule has 0 saturated carbocycles. The van der Waals surface area contributed by atoms with Crippen molar-refractivity contribution >= 4 is 32.7 Å². The van der Waals surface area contributed by atoms with Gasteiger partial charge in [0.15, 0.2) is 0 Å². The molecule has 0 fully saturated rings. The van der Waals surface area contributed by atoms with E-state index in [-0.39, 0.29) is 5.75 Å². The highest BCUT2D eigenvalue weighted by Gasteiger charge is 2.14. The lowest BCUT2D eigenvalue weighted by molar-refractivity contribution is 0.477. The molecule has 1 heterocycles. The van der Waals surface area contributed by atoms with Gasteiger partial charge in [-0.1, -0.05) is 15.9 Å². The van der Waals surface area contributed by atoms with Crippen LogP contribution in [0.5, 0.6) is 5.75 Å². The van der Waals surface area contributed by atoms with E-state index < -0.39 is 0 Å². The number of anilines is 1. The van der Waals surface area contributed by atoms with Gasteiger partial charge < -0.3 is 15.4 Å². The molecular formula is C15H14BrN3O. The van der Waals surface area contributed by atoms with E-state index in [0.717, 1.165) is 27.9 Å². The molecule has 5 heteroatoms. The molecule has 0 amide bonds. The van der Waals surface area contributed by atoms with Gasteiger partial charge in [0.05, 0.1) is 16.6 Å². The lowest BCUT2D eigenvalue weighted by atomic mass is 10.1. The van der Waals surface area contributed by atoms with Crippen molar-refractivity contribution in [3.8, 4) is 17.1 Å². The number of imidazole rings is 1. The number of aromatic nitrogens is 2. The first-order valence-electron chi connectivity index (χ1n) is 6.35. The van der Waals surface area contributed by atoms with Gasteiger partial charge in [0.2, 0.25) is 0 Å². The Morgan fingerprint density at radius 3 is 2.75 bits per heavy atom. The van der Waals surface area contributed by atoms with Crippen LogP contribution in [0.15, 0.2) is 40.9 Å². The molecule has 102 valence electrons. The number of rotatable bonds is 2. The van der Waals surface area contributed by atoms with Crippen molar-refractivity contribution in [2.24, 2.45) is 0 Å². The highest BCUT2D eigenvalue weighted by Crippen LogP contribution is 2.33. The normalized spacial score (nSPS) is 11.1. The van der Waals surface area contributed by atoms with Gasteiger partial charge in [-0.15, -0.1) is 0 Å². The lowest BCUT2D eigenvalue weighted by Crippen LogP contribution is -1.98. The van der Waals surface area contributed by atoms with Gasteiger partial charge in [-0.05, 0) is 37.3 Å². The van der Waals surface area contributed by atoms with E-state index in [1.165, 1.54) is 0 Å². The van der Waals surface area contributed by atoms with Crippen molar-refractivity contribution in [3.05, 3.63) is 40.9 Å². The molecule has 20 heavy (non-hydrogen) atoms. The van der Waals surface area contributed by atoms with E-state index >= 15 is 0 Å². The molecule has 3 rings (SSSR count). The Bertz CT molecular complexity index is 795. The van der Waals surface area contributed by atoms with Crippen LogP contribution in [-0.4, -0.2) is 14.7 Å². The average Bonchev–Trinajstić information content (AvgIpc) is 2.75. The summed E-state index contributed by atoms with van der Waals surface area (Å²) in [6, 6.07) is 11.1. The van der Waals surface area contributed by atoms with Crippen molar-refractivity contribution in [1.82, 2.24) is 9.55 Å². The lowest BCUT2D eigenvalue weighted by Gasteiger charge is -2.08. The Labute approximate surface area is 125 Å². The molecule has 0 bridgehead atoms. The number of nitrogens with two attached hydrogens (primary N) is 1. The summed E-state index contributed by atoms with van der Waals surface area (Å²) in [7, 11) is 0. The molecule has 0 unspecified atom stereocenters. The number of nitrogens with zero attached hydrogens (tertiary/aromatic N) is 2. The molecule has 1 aromatic heterocycles. The summed E-state index contributed by atoms with van der Waals surface area (Å²) in [5.74, 6) is 0.896. The largest absolute Gasteiger partial charge is 0.507 e. The maximum Gasteiger partial charge on any atom is 0.144 e. The van der Waals surface area contributed by atoms with Gasteiger partial charge in [0, 0.05) is 22.8 Å². The number of phenolic OH excluding ortho intramolecular Hbond substituents is 1. The highest BCUT2D eigenvalue weighted by atomic mass is 79.9. The van der Waals surface area contributed by atoms with E-state index in [1.54, 1.807) is 18.2 Å². The van der Waals surface area contributed by atoms with Crippen LogP contribution < -0.4 is 5.73 Å². The van der Waals surface area contributed by atoms with Crippen molar-refractivity contribution in [1.29, 1.82) is 0 Å². The summed E-state index contributed by atoms with van der Waals surface area (Å²) < 4.78 is 3.06. The third-order valence-corrected chi connectivity index (χ3v) is 3.78. The number of nitrogen functional groups attached to an aromatic ring is 1. The Morgan fingerprint density at radius 2 is 2.05 bits per heavy atom. The van der Waals surface area contributed by atoms with E-state index in [0.29, 0.717) is 11.3 Å². The standard InChI is InChI=1S/C15H14BrN3O/c1-2-19-13-6-3-9(16)7-12(13)18-15(19)11-5-4-10(17)8-14(11)20/h3-8,20H,2,17H2,1H3. The Hall–Kier alpha value is -2.01. The first-order valence-corrected chi connectivity index (χ1v) is 7.14. The summed E-state index contributed by atoms with van der Waals surface area (Å²) in [5, 5.41) is 10.1. The minimum atomic E-state index is 0.147. The summed E-state index contributed by atoms with van der Waals surface area (Å²) in [5.41, 5.74) is 8.84. The van der Waals surface area contributed by atoms with Crippen LogP contribution in [0, 0.1) is 0 Å². The predicted molar refractivity (Wildman–Crippen MR) is 84.6 cm³/mol. The number of hydrogen-bond donors (Lipinski definition) is 2. The number of aryl methyl sites for hydroxylation is 1. The second-order valence-corrected chi connectivity index (χ2v) is 5.50. The molecule has 3 N–H and O–H groups in total. The Balaban J connectivity index is 2.30. The van der Waals surface area contributed by atoms with Crippen LogP contribution in [0.3, 0.4) is 0 Å². The van der Waals surface area contributed by atoms with Gasteiger partial charge in [0.25, 0.3) is 0 Å². The smallest absolute Gasteiger partial charge is 0.144 e. The van der Waals surface area contributed by atoms with Gasteiger partial charge in [-0.3, -0.25) is 0 Å². The molecule has 2 aromatic carbocycles. The second kappa shape index (κ2) is 4.83. The third kappa shape index (κ3) is 2.04. The SMILES string of the molecule is CCn1c(-c2ccc(N)cc2O)nc2cc(Br)ccc21. The van der Waals surface area contributed by atoms with Crippen LogP contribution in [0.2, 0.25) is 0 Å². The zero-order chi connectivity index (χ0) is 14.3. The summed E-state index contributed by atoms with van der Waals surface area (Å²) in [6.07, 6.45) is 0. The predicted octanol–water partition coefficient (Wildman–Crippen LogP) is 3.77. The van der Waals surface area contributed by atoms with Gasteiger partial charge >= 0.3 is 0 Å². The maximum absolute atomic E-state index is 10.1. The fourth-order valence-electron chi connectivity index (χ4n) is 2.37. The molecule has 0 aliphatic heterocycles. The quantitative estimate of drug-likeness (QED) is 0.702. The molecule has 3 aromatic rings. The zero-order valence-corrected chi connectivity index (χ0v) is 12.6. The number of halogens is 1. The number of hydrogen-bond acceptors (Lipinski definition) is 3. The second-order valence-electron chi connectivity index (χ2n) is 4.59. The van der Waals surface area contributed by atoms with Crippen molar-refractivity contribution in [3.63, 3.8) is 0 Å². The van der Waals surface area contributed by atoms with Gasteiger partial charge in [0.1, 0.15) is 11.6 Å². The van der Waals surface area contributed by atoms with E-state index in [2.05, 4.69) is 32.4 Å². The average molecular weight is 332 g/mol. The van der Waals surface area contributed by atoms with Gasteiger partial charge in [-0.25, -0.2) is 4.98 Å². The maximum atomic E-state index is 10.1. The van der Waals surface area contributed by atoms with Crippen LogP contribution in [0.4, 0.5) is 5.69 Å². The highest BCUT2D eigenvalue weighted by molar-refractivity contribution is 9.10. The molecular weight excluding hydrogens is 318 g/mol.